The largest absolute Gasteiger partial charge is 0.381 e. The summed E-state index contributed by atoms with van der Waals surface area (Å²) in [5, 5.41) is 6.88. The second kappa shape index (κ2) is 10.6. The number of ether oxygens (including phenoxy) is 1. The van der Waals surface area contributed by atoms with Crippen LogP contribution in [0.15, 0.2) is 4.99 Å². The molecule has 2 saturated carbocycles. The average Bonchev–Trinajstić information content (AvgIpc) is 3.32. The Balaban J connectivity index is 0.00000220. The Bertz CT molecular complexity index is 308. The molecule has 2 unspecified atom stereocenters. The van der Waals surface area contributed by atoms with Crippen molar-refractivity contribution >= 4 is 29.9 Å². The molecule has 0 aliphatic heterocycles. The van der Waals surface area contributed by atoms with Gasteiger partial charge < -0.3 is 15.4 Å². The van der Waals surface area contributed by atoms with Gasteiger partial charge in [-0.1, -0.05) is 13.3 Å². The molecular formula is C16H32IN3O. The van der Waals surface area contributed by atoms with Crippen LogP contribution in [0.3, 0.4) is 0 Å². The summed E-state index contributed by atoms with van der Waals surface area (Å²) in [6.07, 6.45) is 7.69. The lowest BCUT2D eigenvalue weighted by Gasteiger charge is -2.11. The predicted octanol–water partition coefficient (Wildman–Crippen LogP) is 3.16. The normalized spacial score (nSPS) is 24.4. The molecule has 0 spiro atoms. The van der Waals surface area contributed by atoms with Crippen molar-refractivity contribution in [2.75, 3.05) is 26.3 Å². The van der Waals surface area contributed by atoms with E-state index in [9.17, 15) is 0 Å². The van der Waals surface area contributed by atoms with E-state index in [1.54, 1.807) is 0 Å². The van der Waals surface area contributed by atoms with Crippen molar-refractivity contribution < 1.29 is 4.74 Å². The van der Waals surface area contributed by atoms with Gasteiger partial charge in [0.15, 0.2) is 5.96 Å². The molecule has 0 bridgehead atoms. The molecule has 2 aliphatic rings. The Morgan fingerprint density at radius 1 is 1.29 bits per heavy atom. The first-order valence-corrected chi connectivity index (χ1v) is 8.46. The van der Waals surface area contributed by atoms with Crippen molar-refractivity contribution in [3.63, 3.8) is 0 Å². The van der Waals surface area contributed by atoms with E-state index in [-0.39, 0.29) is 24.0 Å². The van der Waals surface area contributed by atoms with Crippen molar-refractivity contribution in [1.29, 1.82) is 0 Å². The van der Waals surface area contributed by atoms with Crippen molar-refractivity contribution in [2.24, 2.45) is 16.8 Å². The van der Waals surface area contributed by atoms with Gasteiger partial charge in [0.05, 0.1) is 0 Å². The van der Waals surface area contributed by atoms with Crippen LogP contribution in [0, 0.1) is 11.8 Å². The van der Waals surface area contributed by atoms with Crippen LogP contribution in [0.2, 0.25) is 0 Å². The summed E-state index contributed by atoms with van der Waals surface area (Å²) in [5.41, 5.74) is 0. The Kier molecular flexibility index (Phi) is 9.64. The molecule has 2 rings (SSSR count). The highest BCUT2D eigenvalue weighted by molar-refractivity contribution is 14.0. The Morgan fingerprint density at radius 2 is 2.10 bits per heavy atom. The van der Waals surface area contributed by atoms with Gasteiger partial charge in [0.1, 0.15) is 0 Å². The van der Waals surface area contributed by atoms with Gasteiger partial charge in [-0.15, -0.1) is 24.0 Å². The van der Waals surface area contributed by atoms with Crippen LogP contribution in [-0.2, 0) is 4.74 Å². The molecule has 0 heterocycles. The molecule has 0 aromatic rings. The summed E-state index contributed by atoms with van der Waals surface area (Å²) in [6.45, 7) is 7.97. The average molecular weight is 409 g/mol. The molecule has 2 N–H and O–H groups in total. The summed E-state index contributed by atoms with van der Waals surface area (Å²) in [4.78, 5) is 4.63. The van der Waals surface area contributed by atoms with E-state index in [1.807, 2.05) is 0 Å². The van der Waals surface area contributed by atoms with Crippen LogP contribution in [0.1, 0.15) is 52.4 Å². The van der Waals surface area contributed by atoms with Gasteiger partial charge in [-0.25, -0.2) is 0 Å². The number of nitrogens with zero attached hydrogens (tertiary/aromatic N) is 1. The van der Waals surface area contributed by atoms with Crippen molar-refractivity contribution in [2.45, 2.75) is 58.4 Å². The number of rotatable bonds is 10. The lowest BCUT2D eigenvalue weighted by molar-refractivity contribution is 0.123. The molecule has 4 nitrogen and oxygen atoms in total. The van der Waals surface area contributed by atoms with Gasteiger partial charge in [0.25, 0.3) is 0 Å². The first-order valence-electron chi connectivity index (χ1n) is 8.46. The van der Waals surface area contributed by atoms with Crippen LogP contribution in [0.4, 0.5) is 0 Å². The monoisotopic (exact) mass is 409 g/mol. The molecule has 124 valence electrons. The molecule has 2 atom stereocenters. The molecule has 0 aromatic heterocycles. The zero-order valence-corrected chi connectivity index (χ0v) is 15.9. The van der Waals surface area contributed by atoms with E-state index >= 15 is 0 Å². The lowest BCUT2D eigenvalue weighted by atomic mass is 10.2. The maximum absolute atomic E-state index is 5.63. The molecule has 0 radical (unpaired) electrons. The van der Waals surface area contributed by atoms with Crippen molar-refractivity contribution in [3.8, 4) is 0 Å². The van der Waals surface area contributed by atoms with Crippen LogP contribution in [-0.4, -0.2) is 38.3 Å². The van der Waals surface area contributed by atoms with E-state index in [0.29, 0.717) is 6.04 Å². The lowest BCUT2D eigenvalue weighted by Crippen LogP contribution is -2.39. The first kappa shape index (κ1) is 19.0. The third-order valence-corrected chi connectivity index (χ3v) is 4.02. The second-order valence-corrected chi connectivity index (χ2v) is 6.17. The molecule has 21 heavy (non-hydrogen) atoms. The van der Waals surface area contributed by atoms with Crippen LogP contribution < -0.4 is 10.6 Å². The van der Waals surface area contributed by atoms with Crippen molar-refractivity contribution in [3.05, 3.63) is 0 Å². The molecule has 0 aromatic carbocycles. The minimum Gasteiger partial charge on any atom is -0.381 e. The maximum Gasteiger partial charge on any atom is 0.191 e. The quantitative estimate of drug-likeness (QED) is 0.252. The fourth-order valence-corrected chi connectivity index (χ4v) is 2.50. The van der Waals surface area contributed by atoms with Crippen LogP contribution in [0.5, 0.6) is 0 Å². The zero-order valence-electron chi connectivity index (χ0n) is 13.6. The fourth-order valence-electron chi connectivity index (χ4n) is 2.50. The predicted molar refractivity (Wildman–Crippen MR) is 99.5 cm³/mol. The maximum atomic E-state index is 5.63. The molecule has 0 saturated heterocycles. The number of halogens is 1. The minimum absolute atomic E-state index is 0. The highest BCUT2D eigenvalue weighted by Gasteiger charge is 2.36. The van der Waals surface area contributed by atoms with E-state index in [4.69, 9.17) is 4.74 Å². The SMILES string of the molecule is CCCC1CC1NC(=NCCCOCC1CC1)NCC.I. The number of hydrogen-bond acceptors (Lipinski definition) is 2. The van der Waals surface area contributed by atoms with E-state index in [1.165, 1.54) is 32.1 Å². The van der Waals surface area contributed by atoms with Gasteiger partial charge in [-0.3, -0.25) is 4.99 Å². The summed E-state index contributed by atoms with van der Waals surface area (Å²) < 4.78 is 5.63. The number of nitrogens with one attached hydrogen (secondary N) is 2. The van der Waals surface area contributed by atoms with Crippen LogP contribution in [0.25, 0.3) is 0 Å². The molecular weight excluding hydrogens is 377 g/mol. The van der Waals surface area contributed by atoms with Gasteiger partial charge in [-0.2, -0.15) is 0 Å². The number of aliphatic imine (C=N–C) groups is 1. The summed E-state index contributed by atoms with van der Waals surface area (Å²) in [5.74, 6) is 2.71. The topological polar surface area (TPSA) is 45.7 Å². The zero-order chi connectivity index (χ0) is 14.2. The first-order chi connectivity index (χ1) is 9.83. The third kappa shape index (κ3) is 8.24. The standard InChI is InChI=1S/C16H31N3O.HI/c1-3-6-14-11-15(14)19-16(17-4-2)18-9-5-10-20-12-13-7-8-13;/h13-15H,3-12H2,1-2H3,(H2,17,18,19);1H. The van der Waals surface area contributed by atoms with Gasteiger partial charge in [0, 0.05) is 32.3 Å². The molecule has 5 heteroatoms. The van der Waals surface area contributed by atoms with Gasteiger partial charge >= 0.3 is 0 Å². The van der Waals surface area contributed by atoms with Gasteiger partial charge in [0.2, 0.25) is 0 Å². The summed E-state index contributed by atoms with van der Waals surface area (Å²) >= 11 is 0. The number of hydrogen-bond donors (Lipinski definition) is 2. The minimum atomic E-state index is 0. The van der Waals surface area contributed by atoms with Crippen molar-refractivity contribution in [1.82, 2.24) is 10.6 Å². The molecule has 2 fully saturated rings. The van der Waals surface area contributed by atoms with E-state index in [0.717, 1.165) is 50.5 Å². The Hall–Kier alpha value is -0.0400. The molecule has 2 aliphatic carbocycles. The number of guanidine groups is 1. The van der Waals surface area contributed by atoms with Crippen LogP contribution >= 0.6 is 24.0 Å². The Labute approximate surface area is 146 Å². The highest BCUT2D eigenvalue weighted by Crippen LogP contribution is 2.34. The second-order valence-electron chi connectivity index (χ2n) is 6.17. The Morgan fingerprint density at radius 3 is 2.76 bits per heavy atom. The summed E-state index contributed by atoms with van der Waals surface area (Å²) in [7, 11) is 0. The van der Waals surface area contributed by atoms with E-state index < -0.39 is 0 Å². The smallest absolute Gasteiger partial charge is 0.191 e. The van der Waals surface area contributed by atoms with E-state index in [2.05, 4.69) is 29.5 Å². The highest BCUT2D eigenvalue weighted by atomic mass is 127. The van der Waals surface area contributed by atoms with Gasteiger partial charge in [-0.05, 0) is 50.9 Å². The third-order valence-electron chi connectivity index (χ3n) is 4.02. The molecule has 0 amide bonds. The fraction of sp³-hybridized carbons (Fsp3) is 0.938. The summed E-state index contributed by atoms with van der Waals surface area (Å²) in [6, 6.07) is 0.652.